The highest BCUT2D eigenvalue weighted by molar-refractivity contribution is 14.1. The van der Waals surface area contributed by atoms with Gasteiger partial charge < -0.3 is 0 Å². The summed E-state index contributed by atoms with van der Waals surface area (Å²) in [4.78, 5) is 4.07. The molecule has 0 amide bonds. The molecule has 1 aromatic heterocycles. The van der Waals surface area contributed by atoms with Gasteiger partial charge in [-0.2, -0.15) is 0 Å². The van der Waals surface area contributed by atoms with E-state index in [2.05, 4.69) is 45.8 Å². The van der Waals surface area contributed by atoms with E-state index in [4.69, 9.17) is 0 Å². The van der Waals surface area contributed by atoms with E-state index >= 15 is 0 Å². The lowest BCUT2D eigenvalue weighted by Gasteiger charge is -2.04. The minimum atomic E-state index is 0.655. The van der Waals surface area contributed by atoms with E-state index < -0.39 is 0 Å². The quantitative estimate of drug-likeness (QED) is 0.496. The van der Waals surface area contributed by atoms with E-state index in [0.717, 1.165) is 6.42 Å². The van der Waals surface area contributed by atoms with Crippen LogP contribution in [-0.4, -0.2) is 8.91 Å². The number of aromatic nitrogens is 1. The highest BCUT2D eigenvalue weighted by Gasteiger charge is 2.00. The average Bonchev–Trinajstić information content (AvgIpc) is 2.04. The predicted octanol–water partition coefficient (Wildman–Crippen LogP) is 0.850. The van der Waals surface area contributed by atoms with Crippen LogP contribution in [0, 0.1) is 0 Å². The topological polar surface area (TPSA) is 12.9 Å². The van der Waals surface area contributed by atoms with Gasteiger partial charge in [0, 0.05) is 16.3 Å². The zero-order valence-electron chi connectivity index (χ0n) is 6.00. The highest BCUT2D eigenvalue weighted by Crippen LogP contribution is 2.08. The summed E-state index contributed by atoms with van der Waals surface area (Å²) in [6.07, 6.45) is 9.45. The molecule has 1 atom stereocenters. The van der Waals surface area contributed by atoms with E-state index in [9.17, 15) is 0 Å². The third kappa shape index (κ3) is 1.45. The standard InChI is InChI=1S/C9H8IN/c10-9-2-1-8-6-11-4-3-7(8)5-9/h1,3-6,9H,2H2/t9-/m0/s1. The molecule has 1 aliphatic carbocycles. The van der Waals surface area contributed by atoms with Crippen molar-refractivity contribution < 1.29 is 0 Å². The molecule has 1 heterocycles. The van der Waals surface area contributed by atoms with Crippen LogP contribution >= 0.6 is 22.6 Å². The molecule has 0 bridgehead atoms. The van der Waals surface area contributed by atoms with Crippen LogP contribution in [0.15, 0.2) is 18.5 Å². The van der Waals surface area contributed by atoms with Crippen LogP contribution in [0.4, 0.5) is 0 Å². The molecule has 2 rings (SSSR count). The number of pyridine rings is 1. The summed E-state index contributed by atoms with van der Waals surface area (Å²) in [7, 11) is 0. The number of hydrogen-bond donors (Lipinski definition) is 0. The summed E-state index contributed by atoms with van der Waals surface area (Å²) >= 11 is 2.45. The van der Waals surface area contributed by atoms with Crippen LogP contribution < -0.4 is 10.4 Å². The van der Waals surface area contributed by atoms with Gasteiger partial charge in [-0.05, 0) is 22.9 Å². The lowest BCUT2D eigenvalue weighted by atomic mass is 10.1. The first kappa shape index (κ1) is 7.28. The minimum Gasteiger partial charge on any atom is -0.264 e. The maximum Gasteiger partial charge on any atom is 0.0343 e. The zero-order valence-corrected chi connectivity index (χ0v) is 8.15. The highest BCUT2D eigenvalue weighted by atomic mass is 127. The second-order valence-electron chi connectivity index (χ2n) is 2.63. The van der Waals surface area contributed by atoms with Gasteiger partial charge in [0.2, 0.25) is 0 Å². The average molecular weight is 257 g/mol. The van der Waals surface area contributed by atoms with E-state index in [-0.39, 0.29) is 0 Å². The molecule has 1 nitrogen and oxygen atoms in total. The van der Waals surface area contributed by atoms with Gasteiger partial charge in [-0.15, -0.1) is 0 Å². The van der Waals surface area contributed by atoms with Gasteiger partial charge in [-0.3, -0.25) is 4.98 Å². The van der Waals surface area contributed by atoms with Crippen LogP contribution in [0.3, 0.4) is 0 Å². The molecular weight excluding hydrogens is 249 g/mol. The molecule has 0 spiro atoms. The zero-order chi connectivity index (χ0) is 7.68. The van der Waals surface area contributed by atoms with Gasteiger partial charge in [0.25, 0.3) is 0 Å². The molecule has 0 radical (unpaired) electrons. The Morgan fingerprint density at radius 2 is 2.36 bits per heavy atom. The van der Waals surface area contributed by atoms with Crippen molar-refractivity contribution in [3.8, 4) is 0 Å². The Kier molecular flexibility index (Phi) is 1.94. The Bertz CT molecular complexity index is 369. The Balaban J connectivity index is 2.73. The Hall–Kier alpha value is -0.380. The SMILES string of the molecule is I[C@@H]1C=c2ccncc2=CC1. The summed E-state index contributed by atoms with van der Waals surface area (Å²) in [5, 5.41) is 2.60. The number of nitrogens with zero attached hydrogens (tertiary/aromatic N) is 1. The molecule has 0 saturated carbocycles. The number of rotatable bonds is 0. The monoisotopic (exact) mass is 257 g/mol. The van der Waals surface area contributed by atoms with Crippen LogP contribution in [0.5, 0.6) is 0 Å². The van der Waals surface area contributed by atoms with Crippen LogP contribution in [0.1, 0.15) is 6.42 Å². The van der Waals surface area contributed by atoms with Crippen molar-refractivity contribution >= 4 is 34.7 Å². The first-order valence-electron chi connectivity index (χ1n) is 3.62. The molecule has 56 valence electrons. The van der Waals surface area contributed by atoms with E-state index in [1.54, 1.807) is 0 Å². The van der Waals surface area contributed by atoms with Gasteiger partial charge in [0.15, 0.2) is 0 Å². The molecule has 0 fully saturated rings. The molecule has 2 heteroatoms. The summed E-state index contributed by atoms with van der Waals surface area (Å²) in [5.41, 5.74) is 0. The number of alkyl halides is 1. The van der Waals surface area contributed by atoms with Gasteiger partial charge in [-0.1, -0.05) is 34.7 Å². The molecule has 0 saturated heterocycles. The third-order valence-electron chi connectivity index (χ3n) is 1.81. The Labute approximate surface area is 79.0 Å². The minimum absolute atomic E-state index is 0.655. The molecule has 0 unspecified atom stereocenters. The maximum atomic E-state index is 4.07. The second kappa shape index (κ2) is 2.93. The Morgan fingerprint density at radius 1 is 1.45 bits per heavy atom. The number of fused-ring (bicyclic) bond motifs is 1. The fourth-order valence-corrected chi connectivity index (χ4v) is 1.88. The predicted molar refractivity (Wildman–Crippen MR) is 54.8 cm³/mol. The van der Waals surface area contributed by atoms with Crippen LogP contribution in [0.2, 0.25) is 0 Å². The first-order chi connectivity index (χ1) is 5.36. The second-order valence-corrected chi connectivity index (χ2v) is 4.23. The summed E-state index contributed by atoms with van der Waals surface area (Å²) < 4.78 is 0.655. The molecular formula is C9H8IN. The largest absolute Gasteiger partial charge is 0.264 e. The maximum absolute atomic E-state index is 4.07. The van der Waals surface area contributed by atoms with Gasteiger partial charge in [-0.25, -0.2) is 0 Å². The summed E-state index contributed by atoms with van der Waals surface area (Å²) in [5.74, 6) is 0. The number of hydrogen-bond acceptors (Lipinski definition) is 1. The molecule has 0 aliphatic heterocycles. The van der Waals surface area contributed by atoms with E-state index in [1.807, 2.05) is 12.4 Å². The molecule has 11 heavy (non-hydrogen) atoms. The summed E-state index contributed by atoms with van der Waals surface area (Å²) in [6, 6.07) is 2.07. The van der Waals surface area contributed by atoms with Crippen molar-refractivity contribution in [2.75, 3.05) is 0 Å². The van der Waals surface area contributed by atoms with E-state index in [1.165, 1.54) is 10.4 Å². The molecule has 1 aromatic rings. The summed E-state index contributed by atoms with van der Waals surface area (Å²) in [6.45, 7) is 0. The Morgan fingerprint density at radius 3 is 3.27 bits per heavy atom. The fraction of sp³-hybridized carbons (Fsp3) is 0.222. The lowest BCUT2D eigenvalue weighted by molar-refractivity contribution is 1.15. The van der Waals surface area contributed by atoms with Crippen molar-refractivity contribution in [2.45, 2.75) is 10.3 Å². The lowest BCUT2D eigenvalue weighted by Crippen LogP contribution is -2.29. The van der Waals surface area contributed by atoms with Crippen molar-refractivity contribution in [3.05, 3.63) is 28.9 Å². The van der Waals surface area contributed by atoms with Crippen molar-refractivity contribution in [3.63, 3.8) is 0 Å². The van der Waals surface area contributed by atoms with Crippen molar-refractivity contribution in [1.29, 1.82) is 0 Å². The van der Waals surface area contributed by atoms with Gasteiger partial charge in [0.1, 0.15) is 0 Å². The van der Waals surface area contributed by atoms with E-state index in [0.29, 0.717) is 3.92 Å². The first-order valence-corrected chi connectivity index (χ1v) is 4.87. The molecule has 0 aromatic carbocycles. The smallest absolute Gasteiger partial charge is 0.0343 e. The van der Waals surface area contributed by atoms with Crippen molar-refractivity contribution in [2.24, 2.45) is 0 Å². The molecule has 0 N–H and O–H groups in total. The van der Waals surface area contributed by atoms with Crippen LogP contribution in [-0.2, 0) is 0 Å². The van der Waals surface area contributed by atoms with Crippen LogP contribution in [0.25, 0.3) is 12.2 Å². The normalized spacial score (nSPS) is 21.4. The molecule has 1 aliphatic rings. The van der Waals surface area contributed by atoms with Gasteiger partial charge in [0.05, 0.1) is 0 Å². The third-order valence-corrected chi connectivity index (χ3v) is 2.68. The number of halogens is 1. The fourth-order valence-electron chi connectivity index (χ4n) is 1.24. The van der Waals surface area contributed by atoms with Gasteiger partial charge >= 0.3 is 0 Å². The van der Waals surface area contributed by atoms with Crippen molar-refractivity contribution in [1.82, 2.24) is 4.98 Å².